The molecule has 0 saturated heterocycles. The van der Waals surface area contributed by atoms with E-state index in [9.17, 15) is 18.0 Å². The number of amides is 1. The molecule has 1 aromatic carbocycles. The molecule has 0 fully saturated rings. The number of carbonyl (C=O) groups is 1. The molecule has 0 aliphatic rings. The van der Waals surface area contributed by atoms with Gasteiger partial charge in [0.15, 0.2) is 0 Å². The van der Waals surface area contributed by atoms with Crippen molar-refractivity contribution in [3.63, 3.8) is 0 Å². The monoisotopic (exact) mass is 290 g/mol. The number of rotatable bonds is 7. The normalized spacial score (nSPS) is 11.7. The molecule has 0 bridgehead atoms. The summed E-state index contributed by atoms with van der Waals surface area (Å²) in [5.41, 5.74) is 0.921. The molecule has 2 N–H and O–H groups in total. The first-order chi connectivity index (χ1) is 9.40. The summed E-state index contributed by atoms with van der Waals surface area (Å²) in [5, 5.41) is 10.7. The first-order valence-electron chi connectivity index (χ1n) is 6.11. The van der Waals surface area contributed by atoms with Crippen molar-refractivity contribution < 1.29 is 23.1 Å². The molecule has 20 heavy (non-hydrogen) atoms. The van der Waals surface area contributed by atoms with E-state index in [0.717, 1.165) is 5.56 Å². The van der Waals surface area contributed by atoms with Crippen molar-refractivity contribution >= 4 is 5.91 Å². The summed E-state index contributed by atoms with van der Waals surface area (Å²) < 4.78 is 35.9. The van der Waals surface area contributed by atoms with Crippen molar-refractivity contribution in [3.05, 3.63) is 35.9 Å². The van der Waals surface area contributed by atoms with E-state index in [4.69, 9.17) is 5.11 Å². The lowest BCUT2D eigenvalue weighted by atomic mass is 10.2. The molecule has 0 saturated carbocycles. The van der Waals surface area contributed by atoms with E-state index >= 15 is 0 Å². The van der Waals surface area contributed by atoms with Gasteiger partial charge in [-0.15, -0.1) is 0 Å². The van der Waals surface area contributed by atoms with E-state index in [0.29, 0.717) is 6.54 Å². The summed E-state index contributed by atoms with van der Waals surface area (Å²) in [6, 6.07) is 9.19. The molecule has 0 radical (unpaired) electrons. The number of nitrogens with zero attached hydrogens (tertiary/aromatic N) is 1. The van der Waals surface area contributed by atoms with Crippen LogP contribution in [0, 0.1) is 0 Å². The van der Waals surface area contributed by atoms with Gasteiger partial charge in [-0.1, -0.05) is 30.3 Å². The maximum absolute atomic E-state index is 12.0. The minimum Gasteiger partial charge on any atom is -0.395 e. The zero-order valence-electron chi connectivity index (χ0n) is 10.9. The number of halogens is 3. The third kappa shape index (κ3) is 7.10. The third-order valence-corrected chi connectivity index (χ3v) is 2.52. The number of nitrogens with one attached hydrogen (secondary N) is 1. The average molecular weight is 290 g/mol. The van der Waals surface area contributed by atoms with E-state index in [1.165, 1.54) is 0 Å². The Morgan fingerprint density at radius 3 is 2.45 bits per heavy atom. The summed E-state index contributed by atoms with van der Waals surface area (Å²) in [5.74, 6) is -0.716. The molecule has 0 heterocycles. The summed E-state index contributed by atoms with van der Waals surface area (Å²) in [6.07, 6.45) is -4.42. The first kappa shape index (κ1) is 16.5. The Morgan fingerprint density at radius 1 is 1.25 bits per heavy atom. The Hall–Kier alpha value is -1.60. The van der Waals surface area contributed by atoms with Crippen LogP contribution in [0.15, 0.2) is 30.3 Å². The standard InChI is InChI=1S/C13H17F3N2O2/c14-13(15,16)10-17-12(20)9-18(6-7-19)8-11-4-2-1-3-5-11/h1-5,19H,6-10H2,(H,17,20). The van der Waals surface area contributed by atoms with Crippen molar-refractivity contribution in [2.45, 2.75) is 12.7 Å². The van der Waals surface area contributed by atoms with Gasteiger partial charge >= 0.3 is 6.18 Å². The zero-order chi connectivity index (χ0) is 15.0. The first-order valence-corrected chi connectivity index (χ1v) is 6.11. The van der Waals surface area contributed by atoms with Gasteiger partial charge in [0.2, 0.25) is 5.91 Å². The van der Waals surface area contributed by atoms with Gasteiger partial charge in [0.05, 0.1) is 13.2 Å². The summed E-state index contributed by atoms with van der Waals surface area (Å²) in [7, 11) is 0. The topological polar surface area (TPSA) is 52.6 Å². The molecule has 112 valence electrons. The highest BCUT2D eigenvalue weighted by Gasteiger charge is 2.27. The summed E-state index contributed by atoms with van der Waals surface area (Å²) in [4.78, 5) is 13.0. The van der Waals surface area contributed by atoms with Gasteiger partial charge in [-0.25, -0.2) is 0 Å². The van der Waals surface area contributed by atoms with E-state index in [-0.39, 0.29) is 19.7 Å². The van der Waals surface area contributed by atoms with Gasteiger partial charge in [-0.3, -0.25) is 9.69 Å². The lowest BCUT2D eigenvalue weighted by Gasteiger charge is -2.21. The number of hydrogen-bond acceptors (Lipinski definition) is 3. The van der Waals surface area contributed by atoms with Crippen molar-refractivity contribution in [1.29, 1.82) is 0 Å². The highest BCUT2D eigenvalue weighted by Crippen LogP contribution is 2.12. The molecule has 0 atom stereocenters. The van der Waals surface area contributed by atoms with Gasteiger partial charge in [-0.2, -0.15) is 13.2 Å². The lowest BCUT2D eigenvalue weighted by molar-refractivity contribution is -0.139. The number of aliphatic hydroxyl groups excluding tert-OH is 1. The molecule has 0 aliphatic carbocycles. The van der Waals surface area contributed by atoms with Gasteiger partial charge in [0.25, 0.3) is 0 Å². The van der Waals surface area contributed by atoms with Crippen LogP contribution in [0.3, 0.4) is 0 Å². The van der Waals surface area contributed by atoms with Crippen LogP contribution in [0.5, 0.6) is 0 Å². The SMILES string of the molecule is O=C(CN(CCO)Cc1ccccc1)NCC(F)(F)F. The van der Waals surface area contributed by atoms with Crippen LogP contribution >= 0.6 is 0 Å². The molecule has 0 aromatic heterocycles. The predicted octanol–water partition coefficient (Wildman–Crippen LogP) is 1.16. The van der Waals surface area contributed by atoms with Gasteiger partial charge < -0.3 is 10.4 Å². The van der Waals surface area contributed by atoms with Crippen molar-refractivity contribution in [2.75, 3.05) is 26.2 Å². The minimum atomic E-state index is -4.42. The number of aliphatic hydroxyl groups is 1. The Morgan fingerprint density at radius 2 is 1.90 bits per heavy atom. The predicted molar refractivity (Wildman–Crippen MR) is 67.9 cm³/mol. The van der Waals surface area contributed by atoms with Crippen LogP contribution in [0.2, 0.25) is 0 Å². The van der Waals surface area contributed by atoms with Crippen LogP contribution < -0.4 is 5.32 Å². The third-order valence-electron chi connectivity index (χ3n) is 2.52. The minimum absolute atomic E-state index is 0.167. The second-order valence-electron chi connectivity index (χ2n) is 4.31. The molecule has 1 rings (SSSR count). The Balaban J connectivity index is 2.48. The molecular weight excluding hydrogens is 273 g/mol. The Bertz CT molecular complexity index is 410. The smallest absolute Gasteiger partial charge is 0.395 e. The fourth-order valence-corrected chi connectivity index (χ4v) is 1.65. The summed E-state index contributed by atoms with van der Waals surface area (Å²) in [6.45, 7) is -1.09. The highest BCUT2D eigenvalue weighted by atomic mass is 19.4. The number of alkyl halides is 3. The maximum atomic E-state index is 12.0. The van der Waals surface area contributed by atoms with Gasteiger partial charge in [0.1, 0.15) is 6.54 Å². The van der Waals surface area contributed by atoms with Crippen LogP contribution in [-0.2, 0) is 11.3 Å². The van der Waals surface area contributed by atoms with E-state index in [1.807, 2.05) is 35.6 Å². The molecule has 0 spiro atoms. The van der Waals surface area contributed by atoms with Crippen LogP contribution in [0.1, 0.15) is 5.56 Å². The van der Waals surface area contributed by atoms with Crippen molar-refractivity contribution in [1.82, 2.24) is 10.2 Å². The summed E-state index contributed by atoms with van der Waals surface area (Å²) >= 11 is 0. The van der Waals surface area contributed by atoms with Gasteiger partial charge in [0, 0.05) is 13.1 Å². The highest BCUT2D eigenvalue weighted by molar-refractivity contribution is 5.78. The number of carbonyl (C=O) groups excluding carboxylic acids is 1. The molecule has 7 heteroatoms. The second-order valence-corrected chi connectivity index (χ2v) is 4.31. The van der Waals surface area contributed by atoms with E-state index in [1.54, 1.807) is 4.90 Å². The fourth-order valence-electron chi connectivity index (χ4n) is 1.65. The second kappa shape index (κ2) is 7.86. The molecule has 1 amide bonds. The van der Waals surface area contributed by atoms with E-state index in [2.05, 4.69) is 0 Å². The van der Waals surface area contributed by atoms with Crippen LogP contribution in [0.25, 0.3) is 0 Å². The van der Waals surface area contributed by atoms with Crippen molar-refractivity contribution in [3.8, 4) is 0 Å². The molecule has 4 nitrogen and oxygen atoms in total. The Kier molecular flexibility index (Phi) is 6.47. The zero-order valence-corrected chi connectivity index (χ0v) is 10.9. The largest absolute Gasteiger partial charge is 0.405 e. The quantitative estimate of drug-likeness (QED) is 0.792. The Labute approximate surface area is 115 Å². The molecule has 0 unspecified atom stereocenters. The lowest BCUT2D eigenvalue weighted by Crippen LogP contribution is -2.41. The van der Waals surface area contributed by atoms with Crippen LogP contribution in [-0.4, -0.2) is 48.3 Å². The molecule has 0 aliphatic heterocycles. The van der Waals surface area contributed by atoms with E-state index < -0.39 is 18.6 Å². The molecule has 1 aromatic rings. The number of hydrogen-bond donors (Lipinski definition) is 2. The number of benzene rings is 1. The maximum Gasteiger partial charge on any atom is 0.405 e. The van der Waals surface area contributed by atoms with Gasteiger partial charge in [-0.05, 0) is 5.56 Å². The fraction of sp³-hybridized carbons (Fsp3) is 0.462. The molecular formula is C13H17F3N2O2. The van der Waals surface area contributed by atoms with Crippen LogP contribution in [0.4, 0.5) is 13.2 Å². The average Bonchev–Trinajstić information content (AvgIpc) is 2.37. The van der Waals surface area contributed by atoms with Crippen molar-refractivity contribution in [2.24, 2.45) is 0 Å².